The Balaban J connectivity index is 2.25. The molecule has 1 aromatic heterocycles. The predicted molar refractivity (Wildman–Crippen MR) is 81.1 cm³/mol. The van der Waals surface area contributed by atoms with Crippen molar-refractivity contribution >= 4 is 32.8 Å². The van der Waals surface area contributed by atoms with Crippen LogP contribution in [-0.4, -0.2) is 17.1 Å². The Morgan fingerprint density at radius 2 is 1.55 bits per heavy atom. The summed E-state index contributed by atoms with van der Waals surface area (Å²) >= 11 is 0. The van der Waals surface area contributed by atoms with E-state index in [-0.39, 0.29) is 0 Å². The van der Waals surface area contributed by atoms with Gasteiger partial charge in [0.1, 0.15) is 11.3 Å². The van der Waals surface area contributed by atoms with E-state index < -0.39 is 0 Å². The van der Waals surface area contributed by atoms with E-state index in [9.17, 15) is 0 Å². The third-order valence-electron chi connectivity index (χ3n) is 3.53. The monoisotopic (exact) mass is 260 g/mol. The molecule has 0 saturated heterocycles. The van der Waals surface area contributed by atoms with Gasteiger partial charge in [-0.25, -0.2) is 9.97 Å². The zero-order valence-electron chi connectivity index (χ0n) is 11.0. The molecule has 0 bridgehead atoms. The molecule has 0 radical (unpaired) electrons. The van der Waals surface area contributed by atoms with Gasteiger partial charge in [-0.3, -0.25) is 0 Å². The van der Waals surface area contributed by atoms with Crippen LogP contribution in [0.1, 0.15) is 0 Å². The lowest BCUT2D eigenvalue weighted by atomic mass is 10.1. The van der Waals surface area contributed by atoms with Gasteiger partial charge >= 0.3 is 0 Å². The van der Waals surface area contributed by atoms with Crippen molar-refractivity contribution in [2.75, 3.05) is 7.11 Å². The molecule has 0 aliphatic rings. The number of para-hydroxylation sites is 2. The number of hydrogen-bond donors (Lipinski definition) is 0. The van der Waals surface area contributed by atoms with Crippen molar-refractivity contribution in [3.8, 4) is 5.75 Å². The molecule has 0 aliphatic heterocycles. The molecule has 0 fully saturated rings. The van der Waals surface area contributed by atoms with Gasteiger partial charge < -0.3 is 4.74 Å². The first-order valence-corrected chi connectivity index (χ1v) is 6.49. The highest BCUT2D eigenvalue weighted by atomic mass is 16.5. The van der Waals surface area contributed by atoms with Crippen LogP contribution < -0.4 is 4.74 Å². The van der Waals surface area contributed by atoms with E-state index >= 15 is 0 Å². The van der Waals surface area contributed by atoms with Crippen LogP contribution in [0.3, 0.4) is 0 Å². The number of nitrogens with zero attached hydrogens (tertiary/aromatic N) is 2. The summed E-state index contributed by atoms with van der Waals surface area (Å²) in [6.45, 7) is 0. The number of aromatic nitrogens is 2. The number of fused-ring (bicyclic) bond motifs is 4. The van der Waals surface area contributed by atoms with E-state index in [1.807, 2.05) is 42.5 Å². The van der Waals surface area contributed by atoms with Crippen molar-refractivity contribution in [3.63, 3.8) is 0 Å². The minimum Gasteiger partial charge on any atom is -0.496 e. The normalized spacial score (nSPS) is 11.2. The maximum Gasteiger partial charge on any atom is 0.128 e. The topological polar surface area (TPSA) is 35.0 Å². The van der Waals surface area contributed by atoms with Crippen molar-refractivity contribution in [3.05, 3.63) is 54.6 Å². The molecule has 4 rings (SSSR count). The molecule has 0 spiro atoms. The lowest BCUT2D eigenvalue weighted by molar-refractivity contribution is 0.420. The molecule has 0 aliphatic carbocycles. The third-order valence-corrected chi connectivity index (χ3v) is 3.53. The molecule has 0 N–H and O–H groups in total. The van der Waals surface area contributed by atoms with Crippen molar-refractivity contribution in [2.24, 2.45) is 0 Å². The summed E-state index contributed by atoms with van der Waals surface area (Å²) in [7, 11) is 1.68. The van der Waals surface area contributed by atoms with Gasteiger partial charge in [-0.1, -0.05) is 30.3 Å². The van der Waals surface area contributed by atoms with Gasteiger partial charge in [0, 0.05) is 0 Å². The molecule has 3 heteroatoms. The van der Waals surface area contributed by atoms with Crippen LogP contribution in [0.15, 0.2) is 54.6 Å². The number of hydrogen-bond acceptors (Lipinski definition) is 3. The van der Waals surface area contributed by atoms with Crippen LogP contribution in [-0.2, 0) is 0 Å². The van der Waals surface area contributed by atoms with Gasteiger partial charge in [-0.15, -0.1) is 0 Å². The second kappa shape index (κ2) is 4.17. The zero-order valence-corrected chi connectivity index (χ0v) is 11.0. The summed E-state index contributed by atoms with van der Waals surface area (Å²) in [6.07, 6.45) is 0. The Morgan fingerprint density at radius 3 is 2.35 bits per heavy atom. The van der Waals surface area contributed by atoms with E-state index in [2.05, 4.69) is 17.1 Å². The maximum absolute atomic E-state index is 5.48. The van der Waals surface area contributed by atoms with E-state index in [4.69, 9.17) is 9.72 Å². The summed E-state index contributed by atoms with van der Waals surface area (Å²) in [4.78, 5) is 9.46. The molecular formula is C17H12N2O. The first-order valence-electron chi connectivity index (χ1n) is 6.49. The smallest absolute Gasteiger partial charge is 0.128 e. The van der Waals surface area contributed by atoms with Crippen LogP contribution in [0.2, 0.25) is 0 Å². The summed E-state index contributed by atoms with van der Waals surface area (Å²) in [5, 5.41) is 2.13. The average molecular weight is 260 g/mol. The first-order chi connectivity index (χ1) is 9.86. The van der Waals surface area contributed by atoms with Crippen LogP contribution in [0, 0.1) is 0 Å². The average Bonchev–Trinajstić information content (AvgIpc) is 2.52. The SMILES string of the molecule is COc1cccc2ccc3nc4ccccc4nc3c12. The van der Waals surface area contributed by atoms with Crippen molar-refractivity contribution in [2.45, 2.75) is 0 Å². The Morgan fingerprint density at radius 1 is 0.750 bits per heavy atom. The van der Waals surface area contributed by atoms with E-state index in [1.165, 1.54) is 0 Å². The molecule has 0 unspecified atom stereocenters. The summed E-state index contributed by atoms with van der Waals surface area (Å²) in [5.41, 5.74) is 3.59. The summed E-state index contributed by atoms with van der Waals surface area (Å²) in [5.74, 6) is 0.831. The first kappa shape index (κ1) is 11.2. The minimum atomic E-state index is 0.831. The standard InChI is InChI=1S/C17H12N2O/c1-20-15-8-4-5-11-9-10-14-17(16(11)15)19-13-7-3-2-6-12(13)18-14/h2-10H,1H3. The Hall–Kier alpha value is -2.68. The van der Waals surface area contributed by atoms with Gasteiger partial charge in [0.05, 0.1) is 29.0 Å². The number of ether oxygens (including phenoxy) is 1. The van der Waals surface area contributed by atoms with Crippen molar-refractivity contribution in [1.29, 1.82) is 0 Å². The molecule has 1 heterocycles. The maximum atomic E-state index is 5.48. The fraction of sp³-hybridized carbons (Fsp3) is 0.0588. The second-order valence-corrected chi connectivity index (χ2v) is 4.70. The summed E-state index contributed by atoms with van der Waals surface area (Å²) < 4.78 is 5.48. The lowest BCUT2D eigenvalue weighted by Crippen LogP contribution is -1.91. The fourth-order valence-corrected chi connectivity index (χ4v) is 2.59. The highest BCUT2D eigenvalue weighted by Gasteiger charge is 2.09. The predicted octanol–water partition coefficient (Wildman–Crippen LogP) is 3.94. The van der Waals surface area contributed by atoms with Crippen molar-refractivity contribution in [1.82, 2.24) is 9.97 Å². The van der Waals surface area contributed by atoms with Crippen LogP contribution in [0.25, 0.3) is 32.8 Å². The van der Waals surface area contributed by atoms with E-state index in [0.717, 1.165) is 38.6 Å². The third kappa shape index (κ3) is 1.53. The van der Waals surface area contributed by atoms with Gasteiger partial charge in [0.2, 0.25) is 0 Å². The molecule has 4 aromatic rings. The molecular weight excluding hydrogens is 248 g/mol. The Labute approximate surface area is 115 Å². The lowest BCUT2D eigenvalue weighted by Gasteiger charge is -2.08. The van der Waals surface area contributed by atoms with E-state index in [0.29, 0.717) is 0 Å². The van der Waals surface area contributed by atoms with Gasteiger partial charge in [0.25, 0.3) is 0 Å². The van der Waals surface area contributed by atoms with Crippen LogP contribution >= 0.6 is 0 Å². The minimum absolute atomic E-state index is 0.831. The van der Waals surface area contributed by atoms with Crippen molar-refractivity contribution < 1.29 is 4.74 Å². The Kier molecular flexibility index (Phi) is 2.33. The number of rotatable bonds is 1. The highest BCUT2D eigenvalue weighted by Crippen LogP contribution is 2.31. The molecule has 0 atom stereocenters. The molecule has 96 valence electrons. The van der Waals surface area contributed by atoms with Crippen LogP contribution in [0.5, 0.6) is 5.75 Å². The largest absolute Gasteiger partial charge is 0.496 e. The molecule has 0 amide bonds. The fourth-order valence-electron chi connectivity index (χ4n) is 2.59. The molecule has 20 heavy (non-hydrogen) atoms. The highest BCUT2D eigenvalue weighted by molar-refractivity contribution is 6.09. The van der Waals surface area contributed by atoms with Crippen LogP contribution in [0.4, 0.5) is 0 Å². The molecule has 3 nitrogen and oxygen atoms in total. The number of methoxy groups -OCH3 is 1. The van der Waals surface area contributed by atoms with E-state index in [1.54, 1.807) is 7.11 Å². The van der Waals surface area contributed by atoms with Gasteiger partial charge in [-0.2, -0.15) is 0 Å². The van der Waals surface area contributed by atoms with Gasteiger partial charge in [0.15, 0.2) is 0 Å². The van der Waals surface area contributed by atoms with Gasteiger partial charge in [-0.05, 0) is 29.7 Å². The second-order valence-electron chi connectivity index (χ2n) is 4.70. The Bertz CT molecular complexity index is 947. The zero-order chi connectivity index (χ0) is 13.5. The molecule has 0 saturated carbocycles. The number of benzene rings is 3. The molecule has 3 aromatic carbocycles. The summed E-state index contributed by atoms with van der Waals surface area (Å²) in [6, 6.07) is 18.0. The quantitative estimate of drug-likeness (QED) is 0.384.